The van der Waals surface area contributed by atoms with Crippen molar-refractivity contribution in [3.05, 3.63) is 65.2 Å². The van der Waals surface area contributed by atoms with Gasteiger partial charge in [0, 0.05) is 17.0 Å². The number of thioether (sulfide) groups is 1. The van der Waals surface area contributed by atoms with Crippen LogP contribution >= 0.6 is 11.8 Å². The third kappa shape index (κ3) is 4.05. The molecule has 3 fully saturated rings. The van der Waals surface area contributed by atoms with Gasteiger partial charge < -0.3 is 20.6 Å². The molecule has 8 heteroatoms. The molecule has 3 aliphatic heterocycles. The van der Waals surface area contributed by atoms with E-state index in [1.807, 2.05) is 62.4 Å². The Hall–Kier alpha value is -2.84. The molecule has 0 aromatic heterocycles. The lowest BCUT2D eigenvalue weighted by atomic mass is 9.66. The summed E-state index contributed by atoms with van der Waals surface area (Å²) in [5, 5.41) is 16.2. The largest absolute Gasteiger partial charge is 0.394 e. The Bertz CT molecular complexity index is 1220. The van der Waals surface area contributed by atoms with Gasteiger partial charge in [0.05, 0.1) is 29.2 Å². The van der Waals surface area contributed by atoms with Crippen LogP contribution in [0.5, 0.6) is 0 Å². The van der Waals surface area contributed by atoms with Crippen LogP contribution in [-0.2, 0) is 20.9 Å². The molecule has 1 spiro atoms. The van der Waals surface area contributed by atoms with Crippen molar-refractivity contribution in [2.24, 2.45) is 11.8 Å². The normalized spacial score (nSPS) is 30.8. The third-order valence-electron chi connectivity index (χ3n) is 8.52. The van der Waals surface area contributed by atoms with E-state index >= 15 is 0 Å². The maximum atomic E-state index is 14.0. The first kappa shape index (κ1) is 25.8. The number of para-hydroxylation sites is 1. The zero-order valence-corrected chi connectivity index (χ0v) is 22.6. The Balaban J connectivity index is 1.49. The molecule has 7 nitrogen and oxygen atoms in total. The van der Waals surface area contributed by atoms with Crippen molar-refractivity contribution in [3.8, 4) is 0 Å². The van der Waals surface area contributed by atoms with Crippen LogP contribution in [0.2, 0.25) is 0 Å². The van der Waals surface area contributed by atoms with Crippen LogP contribution < -0.4 is 10.6 Å². The first-order valence-corrected chi connectivity index (χ1v) is 13.8. The summed E-state index contributed by atoms with van der Waals surface area (Å²) in [5.41, 5.74) is 3.63. The number of nitrogens with zero attached hydrogens (tertiary/aromatic N) is 1. The molecular formula is C29H35N3O4S. The van der Waals surface area contributed by atoms with E-state index in [4.69, 9.17) is 0 Å². The van der Waals surface area contributed by atoms with Crippen molar-refractivity contribution in [3.63, 3.8) is 0 Å². The van der Waals surface area contributed by atoms with Crippen molar-refractivity contribution in [1.29, 1.82) is 0 Å². The van der Waals surface area contributed by atoms with Crippen LogP contribution in [0.1, 0.15) is 43.4 Å². The monoisotopic (exact) mass is 521 g/mol. The molecule has 3 saturated heterocycles. The molecule has 196 valence electrons. The summed E-state index contributed by atoms with van der Waals surface area (Å²) in [6, 6.07) is 14.2. The van der Waals surface area contributed by atoms with Crippen molar-refractivity contribution in [2.45, 2.75) is 68.7 Å². The van der Waals surface area contributed by atoms with Crippen molar-refractivity contribution >= 4 is 35.2 Å². The molecule has 3 aliphatic rings. The minimum atomic E-state index is -0.773. The maximum absolute atomic E-state index is 14.0. The van der Waals surface area contributed by atoms with Crippen LogP contribution in [0, 0.1) is 25.7 Å². The number of hydrogen-bond acceptors (Lipinski definition) is 5. The van der Waals surface area contributed by atoms with Crippen molar-refractivity contribution in [1.82, 2.24) is 10.2 Å². The summed E-state index contributed by atoms with van der Waals surface area (Å²) in [4.78, 5) is 43.3. The number of likely N-dealkylation sites (tertiary alicyclic amines) is 1. The number of anilines is 1. The lowest BCUT2D eigenvalue weighted by molar-refractivity contribution is -0.142. The molecule has 2 bridgehead atoms. The number of benzene rings is 2. The van der Waals surface area contributed by atoms with E-state index in [9.17, 15) is 19.5 Å². The van der Waals surface area contributed by atoms with E-state index in [1.165, 1.54) is 0 Å². The average Bonchev–Trinajstić information content (AvgIpc) is 3.45. The summed E-state index contributed by atoms with van der Waals surface area (Å²) in [7, 11) is 0. The highest BCUT2D eigenvalue weighted by Gasteiger charge is 2.77. The van der Waals surface area contributed by atoms with Gasteiger partial charge in [0.2, 0.25) is 17.7 Å². The van der Waals surface area contributed by atoms with Crippen molar-refractivity contribution in [2.75, 3.05) is 11.9 Å². The van der Waals surface area contributed by atoms with Crippen LogP contribution in [-0.4, -0.2) is 55.9 Å². The summed E-state index contributed by atoms with van der Waals surface area (Å²) in [6.45, 7) is 7.85. The summed E-state index contributed by atoms with van der Waals surface area (Å²) in [6.07, 6.45) is 1.42. The van der Waals surface area contributed by atoms with E-state index in [-0.39, 0.29) is 24.3 Å². The Labute approximate surface area is 222 Å². The summed E-state index contributed by atoms with van der Waals surface area (Å²) in [5.74, 6) is -1.77. The number of carbonyl (C=O) groups is 3. The maximum Gasteiger partial charge on any atom is 0.248 e. The Morgan fingerprint density at radius 2 is 1.76 bits per heavy atom. The molecule has 37 heavy (non-hydrogen) atoms. The van der Waals surface area contributed by atoms with Gasteiger partial charge in [-0.1, -0.05) is 48.5 Å². The van der Waals surface area contributed by atoms with E-state index in [0.29, 0.717) is 13.0 Å². The molecular weight excluding hydrogens is 486 g/mol. The fraction of sp³-hybridized carbons (Fsp3) is 0.483. The molecule has 0 radical (unpaired) electrons. The lowest BCUT2D eigenvalue weighted by Gasteiger charge is -2.36. The first-order chi connectivity index (χ1) is 17.6. The molecule has 0 aliphatic carbocycles. The minimum absolute atomic E-state index is 0.147. The smallest absolute Gasteiger partial charge is 0.248 e. The van der Waals surface area contributed by atoms with Crippen LogP contribution in [0.15, 0.2) is 48.5 Å². The Morgan fingerprint density at radius 3 is 2.41 bits per heavy atom. The van der Waals surface area contributed by atoms with Gasteiger partial charge in [-0.3, -0.25) is 14.4 Å². The zero-order valence-electron chi connectivity index (χ0n) is 21.8. The quantitative estimate of drug-likeness (QED) is 0.519. The first-order valence-electron chi connectivity index (χ1n) is 12.9. The van der Waals surface area contributed by atoms with Crippen molar-refractivity contribution < 1.29 is 19.5 Å². The number of fused-ring (bicyclic) bond motifs is 1. The number of aryl methyl sites for hydroxylation is 2. The molecule has 5 rings (SSSR count). The molecule has 3 heterocycles. The van der Waals surface area contributed by atoms with Gasteiger partial charge in [0.15, 0.2) is 0 Å². The van der Waals surface area contributed by atoms with Crippen LogP contribution in [0.3, 0.4) is 0 Å². The minimum Gasteiger partial charge on any atom is -0.394 e. The molecule has 3 amide bonds. The van der Waals surface area contributed by atoms with Crippen LogP contribution in [0.4, 0.5) is 5.69 Å². The van der Waals surface area contributed by atoms with Gasteiger partial charge in [-0.25, -0.2) is 0 Å². The number of nitrogens with one attached hydrogen (secondary N) is 2. The van der Waals surface area contributed by atoms with Gasteiger partial charge in [-0.05, 0) is 57.2 Å². The topological polar surface area (TPSA) is 98.7 Å². The number of rotatable bonds is 7. The van der Waals surface area contributed by atoms with Gasteiger partial charge in [-0.15, -0.1) is 11.8 Å². The van der Waals surface area contributed by atoms with E-state index < -0.39 is 33.4 Å². The molecule has 2 aromatic carbocycles. The fourth-order valence-corrected chi connectivity index (χ4v) is 9.07. The highest BCUT2D eigenvalue weighted by atomic mass is 32.2. The number of carbonyl (C=O) groups excluding carboxylic acids is 3. The molecule has 2 unspecified atom stereocenters. The third-order valence-corrected chi connectivity index (χ3v) is 10.5. The average molecular weight is 522 g/mol. The standard InChI is InChI=1S/C29H35N3O4S/c1-17-9-8-10-18(2)23(17)31-26(35)24-29-14-13-28(4,37-29)21(22(29)27(36)32(24)19(3)16-33)25(34)30-15-20-11-6-5-7-12-20/h5-12,19,21-22,24,33H,13-16H2,1-4H3,(H,30,34)(H,31,35)/t19-,21+,22+,24?,28-,29?/m1/s1. The fourth-order valence-electron chi connectivity index (χ4n) is 6.72. The predicted molar refractivity (Wildman–Crippen MR) is 145 cm³/mol. The van der Waals surface area contributed by atoms with E-state index in [1.54, 1.807) is 23.6 Å². The highest BCUT2D eigenvalue weighted by molar-refractivity contribution is 8.02. The van der Waals surface area contributed by atoms with Gasteiger partial charge >= 0.3 is 0 Å². The second-order valence-electron chi connectivity index (χ2n) is 11.0. The number of hydrogen-bond donors (Lipinski definition) is 3. The lowest BCUT2D eigenvalue weighted by Crippen LogP contribution is -2.54. The number of amides is 3. The molecule has 0 saturated carbocycles. The predicted octanol–water partition coefficient (Wildman–Crippen LogP) is 3.42. The SMILES string of the molecule is Cc1cccc(C)c1NC(=O)C1N([C@H](C)CO)C(=O)[C@@H]2[C@@H](C(=O)NCc3ccccc3)[C@@]3(C)CCC12S3. The van der Waals surface area contributed by atoms with E-state index in [2.05, 4.69) is 17.6 Å². The van der Waals surface area contributed by atoms with Crippen LogP contribution in [0.25, 0.3) is 0 Å². The van der Waals surface area contributed by atoms with E-state index in [0.717, 1.165) is 28.8 Å². The Morgan fingerprint density at radius 1 is 1.08 bits per heavy atom. The van der Waals surface area contributed by atoms with Gasteiger partial charge in [-0.2, -0.15) is 0 Å². The second kappa shape index (κ2) is 9.48. The number of aliphatic hydroxyl groups excluding tert-OH is 1. The van der Waals surface area contributed by atoms with Gasteiger partial charge in [0.25, 0.3) is 0 Å². The van der Waals surface area contributed by atoms with Gasteiger partial charge in [0.1, 0.15) is 6.04 Å². The summed E-state index contributed by atoms with van der Waals surface area (Å²) >= 11 is 1.63. The zero-order chi connectivity index (χ0) is 26.5. The molecule has 2 aromatic rings. The second-order valence-corrected chi connectivity index (χ2v) is 12.9. The molecule has 6 atom stereocenters. The summed E-state index contributed by atoms with van der Waals surface area (Å²) < 4.78 is -1.16. The number of aliphatic hydroxyl groups is 1. The Kier molecular flexibility index (Phi) is 6.61. The molecule has 3 N–H and O–H groups in total. The highest BCUT2D eigenvalue weighted by Crippen LogP contribution is 2.71.